The summed E-state index contributed by atoms with van der Waals surface area (Å²) in [7, 11) is 0. The smallest absolute Gasteiger partial charge is 0.322 e. The van der Waals surface area contributed by atoms with E-state index in [1.54, 1.807) is 34.4 Å². The number of rotatable bonds is 2. The van der Waals surface area contributed by atoms with Crippen LogP contribution in [0, 0.1) is 11.6 Å². The molecule has 1 N–H and O–H groups in total. The van der Waals surface area contributed by atoms with Crippen LogP contribution in [0.15, 0.2) is 54.7 Å². The van der Waals surface area contributed by atoms with E-state index in [2.05, 4.69) is 9.88 Å². The molecule has 2 amide bonds. The van der Waals surface area contributed by atoms with Crippen LogP contribution in [0.25, 0.3) is 5.00 Å². The van der Waals surface area contributed by atoms with E-state index in [1.165, 1.54) is 22.6 Å². The van der Waals surface area contributed by atoms with E-state index in [-0.39, 0.29) is 12.8 Å². The lowest BCUT2D eigenvalue weighted by molar-refractivity contribution is 0.174. The van der Waals surface area contributed by atoms with Gasteiger partial charge in [0.25, 0.3) is 0 Å². The van der Waals surface area contributed by atoms with E-state index in [0.717, 1.165) is 48.0 Å². The van der Waals surface area contributed by atoms with E-state index in [1.807, 2.05) is 18.3 Å². The molecule has 2 aromatic heterocycles. The average molecular weight is 520 g/mol. The highest BCUT2D eigenvalue weighted by Crippen LogP contribution is 2.44. The Balaban J connectivity index is 1.36. The molecule has 2 aromatic carbocycles. The second-order valence-electron chi connectivity index (χ2n) is 9.53. The summed E-state index contributed by atoms with van der Waals surface area (Å²) in [6.07, 6.45) is 6.24. The number of nitrogens with one attached hydrogen (secondary N) is 1. The molecule has 188 valence electrons. The van der Waals surface area contributed by atoms with Crippen LogP contribution in [0.5, 0.6) is 11.5 Å². The third-order valence-electron chi connectivity index (χ3n) is 7.26. The number of ether oxygens (including phenoxy) is 2. The fourth-order valence-corrected chi connectivity index (χ4v) is 7.04. The van der Waals surface area contributed by atoms with Gasteiger partial charge in [0.15, 0.2) is 11.5 Å². The Morgan fingerprint density at radius 1 is 0.973 bits per heavy atom. The summed E-state index contributed by atoms with van der Waals surface area (Å²) in [5.41, 5.74) is 4.12. The largest absolute Gasteiger partial charge is 0.454 e. The lowest BCUT2D eigenvalue weighted by Gasteiger charge is -2.31. The van der Waals surface area contributed by atoms with Crippen LogP contribution in [-0.2, 0) is 19.4 Å². The molecule has 0 fully saturated rings. The van der Waals surface area contributed by atoms with Crippen molar-refractivity contribution in [2.45, 2.75) is 38.3 Å². The number of anilines is 1. The molecule has 9 heteroatoms. The second-order valence-corrected chi connectivity index (χ2v) is 10.6. The maximum atomic E-state index is 14.4. The Morgan fingerprint density at radius 2 is 1.78 bits per heavy atom. The van der Waals surface area contributed by atoms with Gasteiger partial charge in [0.1, 0.15) is 22.7 Å². The number of benzene rings is 2. The summed E-state index contributed by atoms with van der Waals surface area (Å²) in [5.74, 6) is -0.185. The van der Waals surface area contributed by atoms with Gasteiger partial charge in [0.05, 0.1) is 12.2 Å². The number of hydrogen-bond acceptors (Lipinski definition) is 4. The number of thiophene rings is 1. The molecule has 6 nitrogen and oxygen atoms in total. The zero-order valence-corrected chi connectivity index (χ0v) is 20.6. The first-order valence-electron chi connectivity index (χ1n) is 12.3. The predicted molar refractivity (Wildman–Crippen MR) is 136 cm³/mol. The second kappa shape index (κ2) is 8.62. The maximum Gasteiger partial charge on any atom is 0.322 e. The van der Waals surface area contributed by atoms with Crippen molar-refractivity contribution in [3.8, 4) is 16.5 Å². The van der Waals surface area contributed by atoms with Crippen molar-refractivity contribution < 1.29 is 23.0 Å². The standard InChI is InChI=1S/C28H23F2N3O3S/c29-17-10-16(11-18(30)12-17)26-22-5-3-9-32(22)27-21(20-4-1-2-6-25(20)37-27)14-33(26)28(34)31-19-7-8-23-24(13-19)36-15-35-23/h3,5,7-13,26H,1-2,4,6,14-15H2,(H,31,34)/t26-/m0/s1. The molecule has 0 saturated heterocycles. The molecule has 0 bridgehead atoms. The molecular weight excluding hydrogens is 496 g/mol. The average Bonchev–Trinajstić information content (AvgIpc) is 3.60. The summed E-state index contributed by atoms with van der Waals surface area (Å²) < 4.78 is 41.8. The van der Waals surface area contributed by atoms with Crippen LogP contribution >= 0.6 is 11.3 Å². The zero-order chi connectivity index (χ0) is 25.1. The lowest BCUT2D eigenvalue weighted by Crippen LogP contribution is -2.38. The minimum atomic E-state index is -0.701. The predicted octanol–water partition coefficient (Wildman–Crippen LogP) is 6.56. The van der Waals surface area contributed by atoms with Gasteiger partial charge in [-0.15, -0.1) is 11.3 Å². The highest BCUT2D eigenvalue weighted by atomic mass is 32.1. The van der Waals surface area contributed by atoms with Crippen molar-refractivity contribution in [1.29, 1.82) is 0 Å². The molecule has 0 unspecified atom stereocenters. The Kier molecular flexibility index (Phi) is 5.21. The van der Waals surface area contributed by atoms with Crippen LogP contribution in [0.3, 0.4) is 0 Å². The molecule has 0 saturated carbocycles. The number of hydrogen-bond donors (Lipinski definition) is 1. The number of aromatic nitrogens is 1. The SMILES string of the molecule is O=C(Nc1ccc2c(c1)OCO2)N1Cc2c(sc3c2CCCC3)-n2cccc2[C@@H]1c1cc(F)cc(F)c1. The van der Waals surface area contributed by atoms with Crippen LogP contribution in [0.2, 0.25) is 0 Å². The first kappa shape index (κ1) is 22.4. The van der Waals surface area contributed by atoms with Gasteiger partial charge in [0, 0.05) is 34.5 Å². The molecule has 0 spiro atoms. The van der Waals surface area contributed by atoms with Gasteiger partial charge in [-0.05, 0) is 73.2 Å². The third kappa shape index (κ3) is 3.76. The molecule has 1 aliphatic carbocycles. The van der Waals surface area contributed by atoms with Crippen LogP contribution < -0.4 is 14.8 Å². The van der Waals surface area contributed by atoms with E-state index >= 15 is 0 Å². The number of aryl methyl sites for hydroxylation is 1. The van der Waals surface area contributed by atoms with Gasteiger partial charge in [0.2, 0.25) is 6.79 Å². The number of urea groups is 1. The summed E-state index contributed by atoms with van der Waals surface area (Å²) in [5, 5.41) is 4.06. The molecule has 4 heterocycles. The first-order valence-corrected chi connectivity index (χ1v) is 13.1. The molecule has 2 aliphatic heterocycles. The summed E-state index contributed by atoms with van der Waals surface area (Å²) in [6.45, 7) is 0.455. The summed E-state index contributed by atoms with van der Waals surface area (Å²) in [6, 6.07) is 11.4. The highest BCUT2D eigenvalue weighted by Gasteiger charge is 2.36. The van der Waals surface area contributed by atoms with Crippen LogP contribution in [0.1, 0.15) is 46.1 Å². The fourth-order valence-electron chi connectivity index (χ4n) is 5.64. The van der Waals surface area contributed by atoms with Crippen LogP contribution in [-0.4, -0.2) is 22.3 Å². The summed E-state index contributed by atoms with van der Waals surface area (Å²) >= 11 is 1.76. The van der Waals surface area contributed by atoms with Crippen molar-refractivity contribution in [2.24, 2.45) is 0 Å². The molecule has 37 heavy (non-hydrogen) atoms. The quantitative estimate of drug-likeness (QED) is 0.326. The van der Waals surface area contributed by atoms with Crippen molar-refractivity contribution in [3.63, 3.8) is 0 Å². The maximum absolute atomic E-state index is 14.4. The van der Waals surface area contributed by atoms with Gasteiger partial charge >= 0.3 is 6.03 Å². The topological polar surface area (TPSA) is 55.7 Å². The lowest BCUT2D eigenvalue weighted by atomic mass is 9.95. The van der Waals surface area contributed by atoms with E-state index in [9.17, 15) is 13.6 Å². The molecule has 7 rings (SSSR count). The highest BCUT2D eigenvalue weighted by molar-refractivity contribution is 7.15. The number of carbonyl (C=O) groups is 1. The minimum absolute atomic E-state index is 0.134. The Bertz CT molecular complexity index is 1530. The van der Waals surface area contributed by atoms with Gasteiger partial charge in [-0.2, -0.15) is 0 Å². The van der Waals surface area contributed by atoms with Gasteiger partial charge in [-0.25, -0.2) is 13.6 Å². The number of amides is 2. The number of fused-ring (bicyclic) bond motifs is 6. The van der Waals surface area contributed by atoms with Crippen molar-refractivity contribution in [3.05, 3.63) is 93.6 Å². The van der Waals surface area contributed by atoms with Crippen LogP contribution in [0.4, 0.5) is 19.3 Å². The van der Waals surface area contributed by atoms with Crippen molar-refractivity contribution in [1.82, 2.24) is 9.47 Å². The molecule has 1 atom stereocenters. The van der Waals surface area contributed by atoms with Gasteiger partial charge in [-0.3, -0.25) is 0 Å². The van der Waals surface area contributed by atoms with Gasteiger partial charge in [-0.1, -0.05) is 0 Å². The Labute approximate surface area is 216 Å². The van der Waals surface area contributed by atoms with E-state index < -0.39 is 17.7 Å². The third-order valence-corrected chi connectivity index (χ3v) is 8.60. The molecule has 3 aliphatic rings. The Hall–Kier alpha value is -3.85. The van der Waals surface area contributed by atoms with Crippen molar-refractivity contribution in [2.75, 3.05) is 12.1 Å². The number of nitrogens with zero attached hydrogens (tertiary/aromatic N) is 2. The monoisotopic (exact) mass is 519 g/mol. The van der Waals surface area contributed by atoms with E-state index in [0.29, 0.717) is 29.3 Å². The van der Waals surface area contributed by atoms with Crippen molar-refractivity contribution >= 4 is 23.1 Å². The normalized spacial score (nSPS) is 17.6. The molecular formula is C28H23F2N3O3S. The molecule has 0 radical (unpaired) electrons. The first-order chi connectivity index (χ1) is 18.0. The minimum Gasteiger partial charge on any atom is -0.454 e. The fraction of sp³-hybridized carbons (Fsp3) is 0.250. The molecule has 4 aromatic rings. The van der Waals surface area contributed by atoms with Gasteiger partial charge < -0.3 is 24.3 Å². The van der Waals surface area contributed by atoms with E-state index in [4.69, 9.17) is 9.47 Å². The number of halogens is 2. The summed E-state index contributed by atoms with van der Waals surface area (Å²) in [4.78, 5) is 17.0. The Morgan fingerprint density at radius 3 is 2.65 bits per heavy atom. The number of carbonyl (C=O) groups excluding carboxylic acids is 1. The zero-order valence-electron chi connectivity index (χ0n) is 19.8.